The van der Waals surface area contributed by atoms with E-state index in [1.54, 1.807) is 0 Å². The summed E-state index contributed by atoms with van der Waals surface area (Å²) >= 11 is 0. The van der Waals surface area contributed by atoms with Gasteiger partial charge in [-0.2, -0.15) is 0 Å². The number of carbonyl (C=O) groups is 1. The molecule has 82 valence electrons. The molecule has 0 heterocycles. The number of aliphatic hydroxyl groups excluding tert-OH is 1. The molecule has 4 nitrogen and oxygen atoms in total. The summed E-state index contributed by atoms with van der Waals surface area (Å²) in [6, 6.07) is -0.111. The van der Waals surface area contributed by atoms with Crippen LogP contribution in [0, 0.1) is 5.92 Å². The van der Waals surface area contributed by atoms with Gasteiger partial charge in [0.15, 0.2) is 0 Å². The molecule has 1 rings (SSSR count). The average molecular weight is 200 g/mol. The Labute approximate surface area is 85.1 Å². The van der Waals surface area contributed by atoms with Gasteiger partial charge in [-0.3, -0.25) is 0 Å². The summed E-state index contributed by atoms with van der Waals surface area (Å²) in [5.41, 5.74) is 0. The molecule has 4 heteroatoms. The molecule has 3 N–H and O–H groups in total. The zero-order valence-corrected chi connectivity index (χ0v) is 8.75. The van der Waals surface area contributed by atoms with E-state index >= 15 is 0 Å². The van der Waals surface area contributed by atoms with Gasteiger partial charge in [0.25, 0.3) is 0 Å². The summed E-state index contributed by atoms with van der Waals surface area (Å²) in [6.45, 7) is 3.27. The van der Waals surface area contributed by atoms with E-state index < -0.39 is 0 Å². The topological polar surface area (TPSA) is 61.4 Å². The summed E-state index contributed by atoms with van der Waals surface area (Å²) in [7, 11) is 0. The molecule has 1 unspecified atom stereocenters. The van der Waals surface area contributed by atoms with Crippen LogP contribution >= 0.6 is 0 Å². The van der Waals surface area contributed by atoms with Crippen LogP contribution in [-0.2, 0) is 0 Å². The molecule has 0 saturated heterocycles. The highest BCUT2D eigenvalue weighted by molar-refractivity contribution is 5.73. The predicted octanol–water partition coefficient (Wildman–Crippen LogP) is 0.857. The predicted molar refractivity (Wildman–Crippen MR) is 55.0 cm³/mol. The Morgan fingerprint density at radius 2 is 2.21 bits per heavy atom. The van der Waals surface area contributed by atoms with Crippen molar-refractivity contribution in [1.29, 1.82) is 0 Å². The Balaban J connectivity index is 1.91. The Hall–Kier alpha value is -0.770. The molecule has 0 aromatic rings. The highest BCUT2D eigenvalue weighted by atomic mass is 16.3. The van der Waals surface area contributed by atoms with Crippen LogP contribution in [-0.4, -0.2) is 30.3 Å². The van der Waals surface area contributed by atoms with E-state index in [0.29, 0.717) is 18.9 Å². The van der Waals surface area contributed by atoms with Crippen LogP contribution in [0.1, 0.15) is 32.6 Å². The molecule has 14 heavy (non-hydrogen) atoms. The van der Waals surface area contributed by atoms with Gasteiger partial charge in [0.1, 0.15) is 0 Å². The van der Waals surface area contributed by atoms with Gasteiger partial charge in [0.2, 0.25) is 0 Å². The third kappa shape index (κ3) is 5.07. The van der Waals surface area contributed by atoms with Crippen molar-refractivity contribution in [3.05, 3.63) is 0 Å². The van der Waals surface area contributed by atoms with Gasteiger partial charge in [0.05, 0.1) is 6.10 Å². The van der Waals surface area contributed by atoms with Gasteiger partial charge in [-0.05, 0) is 31.6 Å². The Morgan fingerprint density at radius 3 is 2.79 bits per heavy atom. The fraction of sp³-hybridized carbons (Fsp3) is 0.900. The van der Waals surface area contributed by atoms with Gasteiger partial charge in [-0.15, -0.1) is 0 Å². The number of rotatable bonds is 6. The molecule has 0 aliphatic heterocycles. The zero-order chi connectivity index (χ0) is 10.4. The molecule has 0 aromatic carbocycles. The molecule has 0 bridgehead atoms. The van der Waals surface area contributed by atoms with Gasteiger partial charge in [0, 0.05) is 13.1 Å². The lowest BCUT2D eigenvalue weighted by Gasteiger charge is -2.09. The summed E-state index contributed by atoms with van der Waals surface area (Å²) in [4.78, 5) is 11.1. The molecule has 0 spiro atoms. The summed E-state index contributed by atoms with van der Waals surface area (Å²) in [6.07, 6.45) is 3.57. The fourth-order valence-electron chi connectivity index (χ4n) is 1.18. The lowest BCUT2D eigenvalue weighted by Crippen LogP contribution is -2.37. The maximum Gasteiger partial charge on any atom is 0.314 e. The van der Waals surface area contributed by atoms with Crippen LogP contribution in [0.5, 0.6) is 0 Å². The van der Waals surface area contributed by atoms with E-state index in [2.05, 4.69) is 10.6 Å². The maximum atomic E-state index is 11.1. The molecule has 1 atom stereocenters. The van der Waals surface area contributed by atoms with E-state index in [1.165, 1.54) is 12.8 Å². The van der Waals surface area contributed by atoms with Crippen molar-refractivity contribution in [2.24, 2.45) is 5.92 Å². The first-order chi connectivity index (χ1) is 6.72. The highest BCUT2D eigenvalue weighted by Crippen LogP contribution is 2.27. The standard InChI is InChI=1S/C10H20N2O2/c1-2-9(13)5-6-11-10(14)12-7-8-3-4-8/h8-9,13H,2-7H2,1H3,(H2,11,12,14). The normalized spacial score (nSPS) is 17.6. The van der Waals surface area contributed by atoms with E-state index in [1.807, 2.05) is 6.92 Å². The molecular weight excluding hydrogens is 180 g/mol. The largest absolute Gasteiger partial charge is 0.393 e. The smallest absolute Gasteiger partial charge is 0.314 e. The van der Waals surface area contributed by atoms with Gasteiger partial charge >= 0.3 is 6.03 Å². The van der Waals surface area contributed by atoms with Crippen molar-refractivity contribution < 1.29 is 9.90 Å². The average Bonchev–Trinajstić information content (AvgIpc) is 2.98. The summed E-state index contributed by atoms with van der Waals surface area (Å²) < 4.78 is 0. The van der Waals surface area contributed by atoms with Crippen LogP contribution < -0.4 is 10.6 Å². The molecule has 0 radical (unpaired) electrons. The second kappa shape index (κ2) is 5.86. The minimum absolute atomic E-state index is 0.111. The molecule has 2 amide bonds. The highest BCUT2D eigenvalue weighted by Gasteiger charge is 2.21. The van der Waals surface area contributed by atoms with Gasteiger partial charge in [-0.1, -0.05) is 6.92 Å². The van der Waals surface area contributed by atoms with Gasteiger partial charge < -0.3 is 15.7 Å². The number of urea groups is 1. The number of carbonyl (C=O) groups excluding carboxylic acids is 1. The Kier molecular flexibility index (Phi) is 4.73. The quantitative estimate of drug-likeness (QED) is 0.595. The first-order valence-corrected chi connectivity index (χ1v) is 5.42. The zero-order valence-electron chi connectivity index (χ0n) is 8.75. The lowest BCUT2D eigenvalue weighted by molar-refractivity contribution is 0.160. The second-order valence-electron chi connectivity index (χ2n) is 3.93. The molecule has 1 fully saturated rings. The van der Waals surface area contributed by atoms with Crippen molar-refractivity contribution in [3.63, 3.8) is 0 Å². The second-order valence-corrected chi connectivity index (χ2v) is 3.93. The maximum absolute atomic E-state index is 11.1. The van der Waals surface area contributed by atoms with Crippen LogP contribution in [0.25, 0.3) is 0 Å². The van der Waals surface area contributed by atoms with E-state index in [4.69, 9.17) is 0 Å². The molecule has 1 aliphatic carbocycles. The fourth-order valence-corrected chi connectivity index (χ4v) is 1.18. The molecule has 1 saturated carbocycles. The van der Waals surface area contributed by atoms with Crippen molar-refractivity contribution >= 4 is 6.03 Å². The number of nitrogens with one attached hydrogen (secondary N) is 2. The first kappa shape index (κ1) is 11.3. The monoisotopic (exact) mass is 200 g/mol. The SMILES string of the molecule is CCC(O)CCNC(=O)NCC1CC1. The molecule has 1 aliphatic rings. The summed E-state index contributed by atoms with van der Waals surface area (Å²) in [5.74, 6) is 0.710. The lowest BCUT2D eigenvalue weighted by atomic mass is 10.2. The minimum atomic E-state index is -0.293. The number of hydrogen-bond donors (Lipinski definition) is 3. The van der Waals surface area contributed by atoms with E-state index in [0.717, 1.165) is 13.0 Å². The molecule has 0 aromatic heterocycles. The first-order valence-electron chi connectivity index (χ1n) is 5.42. The van der Waals surface area contributed by atoms with Crippen molar-refractivity contribution in [1.82, 2.24) is 10.6 Å². The Morgan fingerprint density at radius 1 is 1.50 bits per heavy atom. The number of aliphatic hydroxyl groups is 1. The number of hydrogen-bond acceptors (Lipinski definition) is 2. The van der Waals surface area contributed by atoms with Crippen LogP contribution in [0.2, 0.25) is 0 Å². The summed E-state index contributed by atoms with van der Waals surface area (Å²) in [5, 5.41) is 14.8. The van der Waals surface area contributed by atoms with E-state index in [9.17, 15) is 9.90 Å². The van der Waals surface area contributed by atoms with Gasteiger partial charge in [-0.25, -0.2) is 4.79 Å². The van der Waals surface area contributed by atoms with Crippen molar-refractivity contribution in [2.45, 2.75) is 38.7 Å². The Bertz CT molecular complexity index is 181. The van der Waals surface area contributed by atoms with Crippen LogP contribution in [0.3, 0.4) is 0 Å². The number of amides is 2. The third-order valence-electron chi connectivity index (χ3n) is 2.48. The third-order valence-corrected chi connectivity index (χ3v) is 2.48. The molecular formula is C10H20N2O2. The van der Waals surface area contributed by atoms with Crippen LogP contribution in [0.4, 0.5) is 4.79 Å². The van der Waals surface area contributed by atoms with Crippen molar-refractivity contribution in [3.8, 4) is 0 Å². The van der Waals surface area contributed by atoms with Crippen LogP contribution in [0.15, 0.2) is 0 Å². The minimum Gasteiger partial charge on any atom is -0.393 e. The van der Waals surface area contributed by atoms with Crippen molar-refractivity contribution in [2.75, 3.05) is 13.1 Å². The van der Waals surface area contributed by atoms with E-state index in [-0.39, 0.29) is 12.1 Å².